The first-order valence-corrected chi connectivity index (χ1v) is 21.1. The summed E-state index contributed by atoms with van der Waals surface area (Å²) in [6.45, 7) is 15.6. The van der Waals surface area contributed by atoms with E-state index in [4.69, 9.17) is 56.8 Å². The Hall–Kier alpha value is -4.24. The molecule has 0 aliphatic carbocycles. The second-order valence-electron chi connectivity index (χ2n) is 15.1. The summed E-state index contributed by atoms with van der Waals surface area (Å²) in [5.74, 6) is 3.19. The molecule has 2 aliphatic rings. The van der Waals surface area contributed by atoms with Gasteiger partial charge in [-0.3, -0.25) is 0 Å². The Bertz CT molecular complexity index is 1610. The molecule has 12 heteroatoms. The van der Waals surface area contributed by atoms with E-state index in [0.717, 1.165) is 58.5 Å². The van der Waals surface area contributed by atoms with Crippen LogP contribution in [0, 0.1) is 0 Å². The van der Waals surface area contributed by atoms with Crippen LogP contribution in [-0.4, -0.2) is 129 Å². The van der Waals surface area contributed by atoms with Crippen molar-refractivity contribution >= 4 is 0 Å². The van der Waals surface area contributed by atoms with Crippen LogP contribution in [0.1, 0.15) is 27.7 Å². The first-order valence-electron chi connectivity index (χ1n) is 21.1. The molecule has 12 nitrogen and oxygen atoms in total. The summed E-state index contributed by atoms with van der Waals surface area (Å²) in [5.41, 5.74) is 4.39. The molecule has 0 saturated carbocycles. The van der Waals surface area contributed by atoms with E-state index in [0.29, 0.717) is 79.3 Å². The van der Waals surface area contributed by atoms with E-state index in [2.05, 4.69) is 24.3 Å². The zero-order valence-corrected chi connectivity index (χ0v) is 35.5. The molecule has 0 radical (unpaired) electrons. The highest BCUT2D eigenvalue weighted by Crippen LogP contribution is 2.26. The van der Waals surface area contributed by atoms with Crippen LogP contribution in [0.15, 0.2) is 97.1 Å². The summed E-state index contributed by atoms with van der Waals surface area (Å²) in [5, 5.41) is 0. The van der Waals surface area contributed by atoms with E-state index < -0.39 is 0 Å². The quantitative estimate of drug-likeness (QED) is 0.0366. The summed E-state index contributed by atoms with van der Waals surface area (Å²) in [4.78, 5) is 0. The third-order valence-corrected chi connectivity index (χ3v) is 9.59. The fourth-order valence-electron chi connectivity index (χ4n) is 5.82. The lowest BCUT2D eigenvalue weighted by molar-refractivity contribution is -0.0451. The lowest BCUT2D eigenvalue weighted by atomic mass is 10.1. The average molecular weight is 831 g/mol. The van der Waals surface area contributed by atoms with Crippen molar-refractivity contribution < 1.29 is 56.8 Å². The Morgan fingerprint density at radius 2 is 0.667 bits per heavy atom. The molecule has 326 valence electrons. The van der Waals surface area contributed by atoms with Gasteiger partial charge in [0.25, 0.3) is 0 Å². The Kier molecular flexibility index (Phi) is 18.8. The zero-order valence-electron chi connectivity index (χ0n) is 35.5. The van der Waals surface area contributed by atoms with Crippen molar-refractivity contribution in [2.45, 2.75) is 64.3 Å². The molecular weight excluding hydrogens is 769 g/mol. The van der Waals surface area contributed by atoms with Crippen LogP contribution in [0.5, 0.6) is 23.0 Å². The summed E-state index contributed by atoms with van der Waals surface area (Å²) in [6.07, 6.45) is 0.479. The van der Waals surface area contributed by atoms with Crippen molar-refractivity contribution in [2.24, 2.45) is 0 Å². The summed E-state index contributed by atoms with van der Waals surface area (Å²) in [6, 6.07) is 32.2. The Morgan fingerprint density at radius 3 is 0.983 bits per heavy atom. The first-order chi connectivity index (χ1) is 29.4. The lowest BCUT2D eigenvalue weighted by Crippen LogP contribution is -2.25. The minimum absolute atomic E-state index is 0.0243. The third-order valence-electron chi connectivity index (χ3n) is 9.59. The molecule has 0 bridgehead atoms. The van der Waals surface area contributed by atoms with Crippen LogP contribution < -0.4 is 18.9 Å². The van der Waals surface area contributed by atoms with E-state index in [1.165, 1.54) is 0 Å². The highest BCUT2D eigenvalue weighted by Gasteiger charge is 2.24. The molecule has 4 aromatic rings. The minimum Gasteiger partial charge on any atom is -0.491 e. The van der Waals surface area contributed by atoms with Crippen LogP contribution in [0.4, 0.5) is 0 Å². The van der Waals surface area contributed by atoms with Gasteiger partial charge in [0.15, 0.2) is 0 Å². The number of hydrogen-bond donors (Lipinski definition) is 0. The highest BCUT2D eigenvalue weighted by atomic mass is 16.6. The van der Waals surface area contributed by atoms with Crippen LogP contribution in [0.3, 0.4) is 0 Å². The van der Waals surface area contributed by atoms with Gasteiger partial charge in [-0.1, -0.05) is 48.5 Å². The standard InChI is InChI=1S/C48H62O12/c1-35(55-31-47-33-59-47)27-53-37(3)29-57-45-17-9-41(10-18-45)39-5-13-43(14-6-39)51-25-23-49-21-22-50-24-26-52-44-15-7-40(8-16-44)42-11-19-46(20-12-42)58-30-38(4)54-28-36(2)56-32-48-34-60-48/h5-20,35-38,47-48H,21-34H2,1-4H3. The van der Waals surface area contributed by atoms with Crippen molar-refractivity contribution in [1.29, 1.82) is 0 Å². The topological polar surface area (TPSA) is 117 Å². The molecule has 6 atom stereocenters. The second kappa shape index (κ2) is 24.9. The molecule has 0 spiro atoms. The number of epoxide rings is 2. The molecule has 0 amide bonds. The maximum atomic E-state index is 5.93. The molecule has 0 aromatic heterocycles. The molecule has 4 aromatic carbocycles. The smallest absolute Gasteiger partial charge is 0.119 e. The van der Waals surface area contributed by atoms with Crippen molar-refractivity contribution in [3.63, 3.8) is 0 Å². The summed E-state index contributed by atoms with van der Waals surface area (Å²) >= 11 is 0. The van der Waals surface area contributed by atoms with Gasteiger partial charge < -0.3 is 56.8 Å². The number of ether oxygens (including phenoxy) is 12. The largest absolute Gasteiger partial charge is 0.491 e. The van der Waals surface area contributed by atoms with Gasteiger partial charge in [-0.2, -0.15) is 0 Å². The van der Waals surface area contributed by atoms with Crippen LogP contribution in [0.2, 0.25) is 0 Å². The van der Waals surface area contributed by atoms with Crippen LogP contribution in [-0.2, 0) is 37.9 Å². The van der Waals surface area contributed by atoms with Crippen molar-refractivity contribution in [1.82, 2.24) is 0 Å². The minimum atomic E-state index is -0.0460. The molecular formula is C48H62O12. The molecule has 6 rings (SSSR count). The van der Waals surface area contributed by atoms with Gasteiger partial charge in [-0.05, 0) is 98.5 Å². The monoisotopic (exact) mass is 830 g/mol. The van der Waals surface area contributed by atoms with Gasteiger partial charge >= 0.3 is 0 Å². The van der Waals surface area contributed by atoms with Crippen LogP contribution in [0.25, 0.3) is 22.3 Å². The highest BCUT2D eigenvalue weighted by molar-refractivity contribution is 5.65. The Balaban J connectivity index is 0.752. The summed E-state index contributed by atoms with van der Waals surface area (Å²) < 4.78 is 68.5. The maximum Gasteiger partial charge on any atom is 0.119 e. The van der Waals surface area contributed by atoms with Gasteiger partial charge in [0.1, 0.15) is 61.6 Å². The van der Waals surface area contributed by atoms with Gasteiger partial charge in [-0.15, -0.1) is 0 Å². The first kappa shape index (κ1) is 45.3. The molecule has 6 unspecified atom stereocenters. The maximum absolute atomic E-state index is 5.93. The molecule has 2 aliphatic heterocycles. The van der Waals surface area contributed by atoms with E-state index in [1.54, 1.807) is 0 Å². The Morgan fingerprint density at radius 1 is 0.383 bits per heavy atom. The van der Waals surface area contributed by atoms with Crippen molar-refractivity contribution in [3.05, 3.63) is 97.1 Å². The normalized spacial score (nSPS) is 17.7. The zero-order chi connectivity index (χ0) is 41.8. The molecule has 2 saturated heterocycles. The van der Waals surface area contributed by atoms with Gasteiger partial charge in [0.05, 0.1) is 90.5 Å². The molecule has 2 heterocycles. The van der Waals surface area contributed by atoms with Crippen molar-refractivity contribution in [2.75, 3.05) is 92.5 Å². The van der Waals surface area contributed by atoms with E-state index in [-0.39, 0.29) is 36.6 Å². The van der Waals surface area contributed by atoms with Crippen molar-refractivity contribution in [3.8, 4) is 45.3 Å². The van der Waals surface area contributed by atoms with Crippen LogP contribution >= 0.6 is 0 Å². The number of rotatable bonds is 31. The average Bonchev–Trinajstić information content (AvgIpc) is 4.23. The molecule has 0 N–H and O–H groups in total. The predicted octanol–water partition coefficient (Wildman–Crippen LogP) is 7.69. The van der Waals surface area contributed by atoms with Gasteiger partial charge in [0.2, 0.25) is 0 Å². The lowest BCUT2D eigenvalue weighted by Gasteiger charge is -2.18. The Labute approximate surface area is 355 Å². The second-order valence-corrected chi connectivity index (χ2v) is 15.1. The number of hydrogen-bond acceptors (Lipinski definition) is 12. The molecule has 2 fully saturated rings. The SMILES string of the molecule is CC(COc1ccc(-c2ccc(OCCOCCOCCOc3ccc(-c4ccc(OCC(C)OCC(C)OCC5CO5)cc4)cc3)cc2)cc1)OCC(C)OCC1CO1. The summed E-state index contributed by atoms with van der Waals surface area (Å²) in [7, 11) is 0. The fourth-order valence-corrected chi connectivity index (χ4v) is 5.82. The third kappa shape index (κ3) is 17.4. The van der Waals surface area contributed by atoms with E-state index >= 15 is 0 Å². The predicted molar refractivity (Wildman–Crippen MR) is 229 cm³/mol. The van der Waals surface area contributed by atoms with E-state index in [9.17, 15) is 0 Å². The van der Waals surface area contributed by atoms with E-state index in [1.807, 2.05) is 100 Å². The van der Waals surface area contributed by atoms with Gasteiger partial charge in [0, 0.05) is 0 Å². The fraction of sp³-hybridized carbons (Fsp3) is 0.500. The molecule has 60 heavy (non-hydrogen) atoms. The number of benzene rings is 4. The van der Waals surface area contributed by atoms with Gasteiger partial charge in [-0.25, -0.2) is 0 Å².